The fourth-order valence-corrected chi connectivity index (χ4v) is 1.33. The topological polar surface area (TPSA) is 24.5 Å². The summed E-state index contributed by atoms with van der Waals surface area (Å²) < 4.78 is 5.56. The Bertz CT molecular complexity index is 150. The Hall–Kier alpha value is 0.100. The van der Waals surface area contributed by atoms with Crippen LogP contribution in [0.5, 0.6) is 0 Å². The maximum absolute atomic E-state index is 5.47. The summed E-state index contributed by atoms with van der Waals surface area (Å²) in [6, 6.07) is 0. The van der Waals surface area contributed by atoms with E-state index in [2.05, 4.69) is 22.4 Å². The van der Waals surface area contributed by atoms with Crippen LogP contribution in [0.25, 0.3) is 0 Å². The molecular weight excluding hydrogens is 196 g/mol. The zero-order chi connectivity index (χ0) is 8.81. The summed E-state index contributed by atoms with van der Waals surface area (Å²) in [5.74, 6) is 0. The molecule has 0 amide bonds. The van der Waals surface area contributed by atoms with Crippen molar-refractivity contribution in [3.63, 3.8) is 0 Å². The Morgan fingerprint density at radius 1 is 1.50 bits per heavy atom. The molecule has 0 aromatic heterocycles. The molecule has 1 aliphatic heterocycles. The number of ether oxygens (including phenoxy) is 1. The second-order valence-electron chi connectivity index (χ2n) is 2.65. The van der Waals surface area contributed by atoms with E-state index in [1.54, 1.807) is 0 Å². The van der Waals surface area contributed by atoms with E-state index in [4.69, 9.17) is 16.3 Å². The molecule has 0 aromatic rings. The van der Waals surface area contributed by atoms with Gasteiger partial charge in [-0.1, -0.05) is 11.6 Å². The summed E-state index contributed by atoms with van der Waals surface area (Å²) in [6.45, 7) is 5.50. The smallest absolute Gasteiger partial charge is 0.167 e. The maximum atomic E-state index is 5.47. The monoisotopic (exact) mass is 208 g/mol. The number of rotatable bonds is 3. The third kappa shape index (κ3) is 4.21. The summed E-state index contributed by atoms with van der Waals surface area (Å²) in [7, 11) is 0. The van der Waals surface area contributed by atoms with E-state index in [0.29, 0.717) is 4.45 Å². The van der Waals surface area contributed by atoms with Crippen LogP contribution in [0.1, 0.15) is 0 Å². The van der Waals surface area contributed by atoms with Crippen LogP contribution in [0.15, 0.2) is 0 Å². The lowest BCUT2D eigenvalue weighted by atomic mass is 10.4. The van der Waals surface area contributed by atoms with Crippen LogP contribution in [0.3, 0.4) is 0 Å². The number of nitrogens with zero attached hydrogens (tertiary/aromatic N) is 1. The van der Waals surface area contributed by atoms with Gasteiger partial charge in [0.1, 0.15) is 0 Å². The zero-order valence-corrected chi connectivity index (χ0v) is 8.46. The number of hydrogen-bond donors (Lipinski definition) is 1. The summed E-state index contributed by atoms with van der Waals surface area (Å²) in [5, 5.41) is 2.91. The van der Waals surface area contributed by atoms with Gasteiger partial charge in [-0.25, -0.2) is 0 Å². The van der Waals surface area contributed by atoms with Crippen LogP contribution < -0.4 is 5.32 Å². The zero-order valence-electron chi connectivity index (χ0n) is 6.88. The highest BCUT2D eigenvalue weighted by atomic mass is 35.5. The van der Waals surface area contributed by atoms with E-state index in [9.17, 15) is 0 Å². The molecule has 12 heavy (non-hydrogen) atoms. The van der Waals surface area contributed by atoms with Gasteiger partial charge in [-0.15, -0.1) is 0 Å². The summed E-state index contributed by atoms with van der Waals surface area (Å²) in [4.78, 5) is 2.33. The Morgan fingerprint density at radius 3 is 2.75 bits per heavy atom. The number of hydrogen-bond acceptors (Lipinski definition) is 3. The predicted octanol–water partition coefficient (Wildman–Crippen LogP) is 0.432. The van der Waals surface area contributed by atoms with E-state index in [-0.39, 0.29) is 0 Å². The average molecular weight is 209 g/mol. The van der Waals surface area contributed by atoms with Gasteiger partial charge in [-0.2, -0.15) is 0 Å². The van der Waals surface area contributed by atoms with Gasteiger partial charge in [0, 0.05) is 26.2 Å². The van der Waals surface area contributed by atoms with Gasteiger partial charge in [0.25, 0.3) is 0 Å². The molecule has 0 aromatic carbocycles. The van der Waals surface area contributed by atoms with Crippen molar-refractivity contribution in [3.8, 4) is 0 Å². The van der Waals surface area contributed by atoms with E-state index in [0.717, 1.165) is 39.4 Å². The van der Waals surface area contributed by atoms with Crippen molar-refractivity contribution >= 4 is 28.3 Å². The SMILES string of the molecule is S=C(Cl)NCCN1CCOCC1. The highest BCUT2D eigenvalue weighted by Gasteiger charge is 2.08. The summed E-state index contributed by atoms with van der Waals surface area (Å²) in [6.07, 6.45) is 0. The first-order valence-electron chi connectivity index (χ1n) is 4.02. The number of nitrogens with one attached hydrogen (secondary N) is 1. The molecule has 0 unspecified atom stereocenters. The lowest BCUT2D eigenvalue weighted by Crippen LogP contribution is -2.40. The van der Waals surface area contributed by atoms with Crippen molar-refractivity contribution in [1.82, 2.24) is 10.2 Å². The Labute approximate surface area is 83.0 Å². The maximum Gasteiger partial charge on any atom is 0.167 e. The minimum atomic E-state index is 0.350. The van der Waals surface area contributed by atoms with E-state index >= 15 is 0 Å². The normalized spacial score (nSPS) is 19.1. The second-order valence-corrected chi connectivity index (χ2v) is 3.66. The van der Waals surface area contributed by atoms with Crippen LogP contribution in [0.2, 0.25) is 0 Å². The Balaban J connectivity index is 2.01. The number of morpholine rings is 1. The molecule has 1 saturated heterocycles. The highest BCUT2D eigenvalue weighted by molar-refractivity contribution is 7.83. The first kappa shape index (κ1) is 10.2. The fraction of sp³-hybridized carbons (Fsp3) is 0.857. The third-order valence-electron chi connectivity index (χ3n) is 1.80. The van der Waals surface area contributed by atoms with Crippen molar-refractivity contribution in [1.29, 1.82) is 0 Å². The van der Waals surface area contributed by atoms with Gasteiger partial charge in [-0.05, 0) is 12.2 Å². The standard InChI is InChI=1S/C7H13ClN2OS/c8-7(12)9-1-2-10-3-5-11-6-4-10/h1-6H2,(H,9,12). The molecule has 0 atom stereocenters. The van der Waals surface area contributed by atoms with Gasteiger partial charge in [-0.3, -0.25) is 4.90 Å². The molecule has 0 radical (unpaired) electrons. The number of halogens is 1. The van der Waals surface area contributed by atoms with Gasteiger partial charge >= 0.3 is 0 Å². The van der Waals surface area contributed by atoms with Crippen LogP contribution in [-0.4, -0.2) is 48.7 Å². The van der Waals surface area contributed by atoms with Crippen molar-refractivity contribution < 1.29 is 4.74 Å². The fourth-order valence-electron chi connectivity index (χ4n) is 1.14. The van der Waals surface area contributed by atoms with E-state index in [1.165, 1.54) is 0 Å². The first-order valence-corrected chi connectivity index (χ1v) is 4.81. The van der Waals surface area contributed by atoms with Crippen molar-refractivity contribution in [2.75, 3.05) is 39.4 Å². The second kappa shape index (κ2) is 5.70. The first-order chi connectivity index (χ1) is 5.79. The van der Waals surface area contributed by atoms with Crippen LogP contribution in [0, 0.1) is 0 Å². The van der Waals surface area contributed by atoms with Gasteiger partial charge < -0.3 is 10.1 Å². The average Bonchev–Trinajstić information content (AvgIpc) is 2.05. The summed E-state index contributed by atoms with van der Waals surface area (Å²) >= 11 is 10.1. The van der Waals surface area contributed by atoms with Crippen LogP contribution in [-0.2, 0) is 4.74 Å². The lowest BCUT2D eigenvalue weighted by molar-refractivity contribution is 0.0389. The third-order valence-corrected chi connectivity index (χ3v) is 2.07. The predicted molar refractivity (Wildman–Crippen MR) is 53.7 cm³/mol. The Morgan fingerprint density at radius 2 is 2.17 bits per heavy atom. The lowest BCUT2D eigenvalue weighted by Gasteiger charge is -2.26. The molecule has 0 saturated carbocycles. The van der Waals surface area contributed by atoms with Gasteiger partial charge in [0.15, 0.2) is 4.45 Å². The van der Waals surface area contributed by atoms with Crippen molar-refractivity contribution in [2.24, 2.45) is 0 Å². The Kier molecular flexibility index (Phi) is 4.83. The van der Waals surface area contributed by atoms with Crippen LogP contribution >= 0.6 is 23.8 Å². The molecule has 0 bridgehead atoms. The summed E-state index contributed by atoms with van der Waals surface area (Å²) in [5.41, 5.74) is 0. The molecule has 3 nitrogen and oxygen atoms in total. The van der Waals surface area contributed by atoms with Crippen LogP contribution in [0.4, 0.5) is 0 Å². The van der Waals surface area contributed by atoms with Crippen molar-refractivity contribution in [2.45, 2.75) is 0 Å². The molecule has 0 spiro atoms. The van der Waals surface area contributed by atoms with Gasteiger partial charge in [0.2, 0.25) is 0 Å². The molecule has 1 heterocycles. The molecule has 1 fully saturated rings. The molecule has 1 N–H and O–H groups in total. The van der Waals surface area contributed by atoms with Gasteiger partial charge in [0.05, 0.1) is 13.2 Å². The molecular formula is C7H13ClN2OS. The number of thiocarbonyl (C=S) groups is 1. The quantitative estimate of drug-likeness (QED) is 0.413. The molecule has 1 aliphatic rings. The molecule has 5 heteroatoms. The van der Waals surface area contributed by atoms with E-state index in [1.807, 2.05) is 0 Å². The molecule has 0 aliphatic carbocycles. The minimum absolute atomic E-state index is 0.350. The largest absolute Gasteiger partial charge is 0.379 e. The van der Waals surface area contributed by atoms with E-state index < -0.39 is 0 Å². The highest BCUT2D eigenvalue weighted by Crippen LogP contribution is 1.94. The molecule has 70 valence electrons. The molecule has 1 rings (SSSR count). The minimum Gasteiger partial charge on any atom is -0.379 e. The van der Waals surface area contributed by atoms with Crippen molar-refractivity contribution in [3.05, 3.63) is 0 Å².